The minimum Gasteiger partial charge on any atom is -0.450 e. The number of rotatable bonds is 5. The lowest BCUT2D eigenvalue weighted by molar-refractivity contribution is -0.149. The van der Waals surface area contributed by atoms with Crippen LogP contribution in [0.1, 0.15) is 19.6 Å². The second-order valence-corrected chi connectivity index (χ2v) is 4.68. The van der Waals surface area contributed by atoms with Crippen LogP contribution in [-0.4, -0.2) is 30.6 Å². The molecule has 1 rings (SSSR count). The van der Waals surface area contributed by atoms with Crippen LogP contribution in [0.25, 0.3) is 6.08 Å². The molecule has 0 saturated heterocycles. The van der Waals surface area contributed by atoms with Crippen LogP contribution in [0.5, 0.6) is 0 Å². The molecule has 114 valence electrons. The number of amides is 3. The fraction of sp³-hybridized carbons (Fsp3) is 0.308. The van der Waals surface area contributed by atoms with Gasteiger partial charge in [0.1, 0.15) is 5.76 Å². The number of hydrogen-bond acceptors (Lipinski definition) is 5. The molecule has 1 unspecified atom stereocenters. The summed E-state index contributed by atoms with van der Waals surface area (Å²) in [5, 5.41) is 4.44. The second kappa shape index (κ2) is 8.25. The number of furan rings is 1. The van der Waals surface area contributed by atoms with Gasteiger partial charge in [-0.15, -0.1) is 0 Å². The summed E-state index contributed by atoms with van der Waals surface area (Å²) in [6.07, 6.45) is 1.44. The minimum atomic E-state index is -1.09. The maximum atomic E-state index is 11.5. The molecule has 8 heteroatoms. The van der Waals surface area contributed by atoms with Gasteiger partial charge in [0, 0.05) is 12.6 Å². The van der Waals surface area contributed by atoms with Gasteiger partial charge in [-0.2, -0.15) is 0 Å². The number of esters is 1. The molecule has 0 fully saturated rings. The number of carbonyl (C=O) groups is 3. The standard InChI is InChI=1S/C13H15BrN2O5/c1-3-15-13(19)16-12(18)8(2)20-11(17)7-5-9-4-6-10(14)21-9/h4-8H,3H2,1-2H3,(H2,15,16,18,19)/b7-5+. The Balaban J connectivity index is 2.44. The van der Waals surface area contributed by atoms with Crippen LogP contribution in [0.4, 0.5) is 4.79 Å². The van der Waals surface area contributed by atoms with Gasteiger partial charge in [-0.25, -0.2) is 9.59 Å². The number of urea groups is 1. The molecule has 2 N–H and O–H groups in total. The van der Waals surface area contributed by atoms with E-state index in [1.807, 2.05) is 5.32 Å². The van der Waals surface area contributed by atoms with Gasteiger partial charge in [0.2, 0.25) is 0 Å². The van der Waals surface area contributed by atoms with Gasteiger partial charge in [0.15, 0.2) is 10.8 Å². The Kier molecular flexibility index (Phi) is 6.67. The molecule has 0 aliphatic rings. The normalized spacial score (nSPS) is 12.0. The largest absolute Gasteiger partial charge is 0.450 e. The molecular weight excluding hydrogens is 344 g/mol. The highest BCUT2D eigenvalue weighted by molar-refractivity contribution is 9.10. The van der Waals surface area contributed by atoms with Gasteiger partial charge in [-0.3, -0.25) is 10.1 Å². The van der Waals surface area contributed by atoms with Gasteiger partial charge in [0.05, 0.1) is 0 Å². The second-order valence-electron chi connectivity index (χ2n) is 3.90. The maximum absolute atomic E-state index is 11.5. The van der Waals surface area contributed by atoms with E-state index in [9.17, 15) is 14.4 Å². The molecule has 1 aromatic rings. The third kappa shape index (κ3) is 6.26. The number of carbonyl (C=O) groups excluding carboxylic acids is 3. The minimum absolute atomic E-state index is 0.384. The van der Waals surface area contributed by atoms with Gasteiger partial charge >= 0.3 is 12.0 Å². The monoisotopic (exact) mass is 358 g/mol. The summed E-state index contributed by atoms with van der Waals surface area (Å²) in [7, 11) is 0. The lowest BCUT2D eigenvalue weighted by Crippen LogP contribution is -2.44. The van der Waals surface area contributed by atoms with Crippen molar-refractivity contribution in [2.75, 3.05) is 6.54 Å². The highest BCUT2D eigenvalue weighted by Crippen LogP contribution is 2.15. The molecule has 1 heterocycles. The van der Waals surface area contributed by atoms with E-state index in [1.54, 1.807) is 19.1 Å². The van der Waals surface area contributed by atoms with Gasteiger partial charge < -0.3 is 14.5 Å². The van der Waals surface area contributed by atoms with E-state index in [1.165, 1.54) is 13.0 Å². The number of imide groups is 1. The fourth-order valence-electron chi connectivity index (χ4n) is 1.25. The zero-order valence-corrected chi connectivity index (χ0v) is 13.1. The Morgan fingerprint density at radius 2 is 2.14 bits per heavy atom. The predicted molar refractivity (Wildman–Crippen MR) is 78.2 cm³/mol. The lowest BCUT2D eigenvalue weighted by Gasteiger charge is -2.11. The molecule has 0 bridgehead atoms. The molecular formula is C13H15BrN2O5. The average Bonchev–Trinajstić information content (AvgIpc) is 2.82. The molecule has 0 aliphatic carbocycles. The Morgan fingerprint density at radius 1 is 1.43 bits per heavy atom. The SMILES string of the molecule is CCNC(=O)NC(=O)C(C)OC(=O)/C=C/c1ccc(Br)o1. The van der Waals surface area contributed by atoms with Crippen molar-refractivity contribution in [1.82, 2.24) is 10.6 Å². The van der Waals surface area contributed by atoms with E-state index in [4.69, 9.17) is 9.15 Å². The molecule has 0 saturated carbocycles. The molecule has 21 heavy (non-hydrogen) atoms. The van der Waals surface area contributed by atoms with E-state index in [0.29, 0.717) is 17.0 Å². The highest BCUT2D eigenvalue weighted by Gasteiger charge is 2.18. The van der Waals surface area contributed by atoms with Gasteiger partial charge in [0.25, 0.3) is 5.91 Å². The first-order chi connectivity index (χ1) is 9.92. The quantitative estimate of drug-likeness (QED) is 0.618. The first-order valence-corrected chi connectivity index (χ1v) is 6.94. The molecule has 0 radical (unpaired) electrons. The van der Waals surface area contributed by atoms with E-state index in [-0.39, 0.29) is 0 Å². The number of nitrogens with one attached hydrogen (secondary N) is 2. The van der Waals surface area contributed by atoms with Crippen LogP contribution in [-0.2, 0) is 14.3 Å². The van der Waals surface area contributed by atoms with Crippen molar-refractivity contribution in [2.24, 2.45) is 0 Å². The summed E-state index contributed by atoms with van der Waals surface area (Å²) in [4.78, 5) is 34.2. The van der Waals surface area contributed by atoms with Crippen molar-refractivity contribution in [3.8, 4) is 0 Å². The first-order valence-electron chi connectivity index (χ1n) is 6.15. The van der Waals surface area contributed by atoms with Crippen LogP contribution >= 0.6 is 15.9 Å². The Hall–Kier alpha value is -2.09. The zero-order chi connectivity index (χ0) is 15.8. The average molecular weight is 359 g/mol. The van der Waals surface area contributed by atoms with E-state index < -0.39 is 24.0 Å². The Bertz CT molecular complexity index is 553. The number of halogens is 1. The molecule has 0 aliphatic heterocycles. The molecule has 7 nitrogen and oxygen atoms in total. The topological polar surface area (TPSA) is 97.6 Å². The Labute approximate surface area is 129 Å². The lowest BCUT2D eigenvalue weighted by atomic mass is 10.3. The van der Waals surface area contributed by atoms with Gasteiger partial charge in [-0.05, 0) is 48.0 Å². The Morgan fingerprint density at radius 3 is 2.71 bits per heavy atom. The predicted octanol–water partition coefficient (Wildman–Crippen LogP) is 1.83. The van der Waals surface area contributed by atoms with Crippen molar-refractivity contribution >= 4 is 39.9 Å². The highest BCUT2D eigenvalue weighted by atomic mass is 79.9. The summed E-state index contributed by atoms with van der Waals surface area (Å²) < 4.78 is 10.5. The summed E-state index contributed by atoms with van der Waals surface area (Å²) in [5.41, 5.74) is 0. The molecule has 1 aromatic heterocycles. The molecule has 0 spiro atoms. The van der Waals surface area contributed by atoms with Crippen LogP contribution < -0.4 is 10.6 Å². The van der Waals surface area contributed by atoms with Crippen LogP contribution in [0.15, 0.2) is 27.3 Å². The molecule has 0 aromatic carbocycles. The van der Waals surface area contributed by atoms with Crippen LogP contribution in [0, 0.1) is 0 Å². The van der Waals surface area contributed by atoms with E-state index >= 15 is 0 Å². The van der Waals surface area contributed by atoms with Crippen LogP contribution in [0.3, 0.4) is 0 Å². The van der Waals surface area contributed by atoms with Crippen LogP contribution in [0.2, 0.25) is 0 Å². The summed E-state index contributed by atoms with van der Waals surface area (Å²) in [6, 6.07) is 2.69. The third-order valence-corrected chi connectivity index (χ3v) is 2.64. The molecule has 3 amide bonds. The zero-order valence-electron chi connectivity index (χ0n) is 11.5. The smallest absolute Gasteiger partial charge is 0.331 e. The van der Waals surface area contributed by atoms with Crippen molar-refractivity contribution < 1.29 is 23.5 Å². The van der Waals surface area contributed by atoms with E-state index in [0.717, 1.165) is 6.08 Å². The number of hydrogen-bond donors (Lipinski definition) is 2. The van der Waals surface area contributed by atoms with Gasteiger partial charge in [-0.1, -0.05) is 0 Å². The van der Waals surface area contributed by atoms with Crippen molar-refractivity contribution in [3.05, 3.63) is 28.6 Å². The summed E-state index contributed by atoms with van der Waals surface area (Å²) >= 11 is 3.13. The third-order valence-electron chi connectivity index (χ3n) is 2.21. The van der Waals surface area contributed by atoms with Crippen molar-refractivity contribution in [1.29, 1.82) is 0 Å². The number of ether oxygens (including phenoxy) is 1. The first kappa shape index (κ1) is 17.0. The molecule has 1 atom stereocenters. The summed E-state index contributed by atoms with van der Waals surface area (Å²) in [6.45, 7) is 3.46. The fourth-order valence-corrected chi connectivity index (χ4v) is 1.57. The summed E-state index contributed by atoms with van der Waals surface area (Å²) in [5.74, 6) is -0.970. The van der Waals surface area contributed by atoms with E-state index in [2.05, 4.69) is 21.2 Å². The maximum Gasteiger partial charge on any atom is 0.331 e. The van der Waals surface area contributed by atoms with Crippen molar-refractivity contribution in [2.45, 2.75) is 20.0 Å². The van der Waals surface area contributed by atoms with Crippen molar-refractivity contribution in [3.63, 3.8) is 0 Å².